The number of aromatic hydroxyl groups is 1. The Morgan fingerprint density at radius 2 is 2.20 bits per heavy atom. The first-order chi connectivity index (χ1) is 11.9. The molecule has 4 aliphatic rings. The van der Waals surface area contributed by atoms with E-state index in [0.29, 0.717) is 38.1 Å². The van der Waals surface area contributed by atoms with Crippen LogP contribution in [-0.2, 0) is 16.6 Å². The molecule has 25 heavy (non-hydrogen) atoms. The van der Waals surface area contributed by atoms with E-state index in [9.17, 15) is 20.2 Å². The van der Waals surface area contributed by atoms with Gasteiger partial charge in [-0.2, -0.15) is 4.65 Å². The number of hydrogen-bond donors (Lipinski definition) is 3. The first-order valence-corrected chi connectivity index (χ1v) is 8.85. The van der Waals surface area contributed by atoms with Gasteiger partial charge in [-0.1, -0.05) is 12.6 Å². The number of quaternary nitrogens is 1. The third-order valence-electron chi connectivity index (χ3n) is 7.05. The van der Waals surface area contributed by atoms with Crippen LogP contribution in [0.4, 0.5) is 0 Å². The molecule has 2 aliphatic heterocycles. The van der Waals surface area contributed by atoms with Crippen LogP contribution in [-0.4, -0.2) is 56.7 Å². The van der Waals surface area contributed by atoms with E-state index in [1.807, 2.05) is 6.07 Å². The van der Waals surface area contributed by atoms with Gasteiger partial charge in [0.2, 0.25) is 0 Å². The number of aliphatic hydroxyl groups is 1. The highest BCUT2D eigenvalue weighted by Gasteiger charge is 2.77. The maximum atomic E-state index is 12.7. The molecule has 1 saturated carbocycles. The standard InChI is InChI=1S/C19H21NO5/c1-2-8-20(24)9-7-18-15-11-3-4-12(21)16(15)25-17(18)13(22)5-6-19(18,23)14(20)10-11/h2-4,14,17,23-24H,1,5-10H2/p+1/t14-,17+,18+,19-,20?/m1/s1. The third kappa shape index (κ3) is 1.50. The van der Waals surface area contributed by atoms with Crippen LogP contribution in [0.1, 0.15) is 30.4 Å². The van der Waals surface area contributed by atoms with Gasteiger partial charge >= 0.3 is 0 Å². The molecule has 0 aromatic heterocycles. The summed E-state index contributed by atoms with van der Waals surface area (Å²) < 4.78 is 5.68. The summed E-state index contributed by atoms with van der Waals surface area (Å²) in [4.78, 5) is 12.7. The highest BCUT2D eigenvalue weighted by Crippen LogP contribution is 2.65. The van der Waals surface area contributed by atoms with E-state index >= 15 is 0 Å². The van der Waals surface area contributed by atoms with Crippen LogP contribution in [0.5, 0.6) is 11.5 Å². The fraction of sp³-hybridized carbons (Fsp3) is 0.526. The van der Waals surface area contributed by atoms with Gasteiger partial charge in [0.15, 0.2) is 29.4 Å². The molecular weight excluding hydrogens is 322 g/mol. The predicted molar refractivity (Wildman–Crippen MR) is 87.5 cm³/mol. The normalized spacial score (nSPS) is 43.4. The van der Waals surface area contributed by atoms with Crippen LogP contribution < -0.4 is 4.74 Å². The second-order valence-electron chi connectivity index (χ2n) is 7.96. The second-order valence-corrected chi connectivity index (χ2v) is 7.96. The Kier molecular flexibility index (Phi) is 2.73. The van der Waals surface area contributed by atoms with E-state index in [2.05, 4.69) is 6.58 Å². The molecule has 6 heteroatoms. The Hall–Kier alpha value is -1.89. The molecule has 1 aromatic rings. The Morgan fingerprint density at radius 1 is 1.40 bits per heavy atom. The number of ether oxygens (including phenoxy) is 1. The van der Waals surface area contributed by atoms with Gasteiger partial charge < -0.3 is 14.9 Å². The first kappa shape index (κ1) is 15.4. The zero-order valence-corrected chi connectivity index (χ0v) is 13.9. The monoisotopic (exact) mass is 344 g/mol. The molecule has 3 N–H and O–H groups in total. The smallest absolute Gasteiger partial charge is 0.174 e. The SMILES string of the molecule is C=CC[N+]1(O)CC[C@]23c4c5ccc(O)c4O[C@H]2C(=O)CC[C@@]3(O)[C@H]1C5. The summed E-state index contributed by atoms with van der Waals surface area (Å²) in [6, 6.07) is 2.96. The van der Waals surface area contributed by atoms with Crippen molar-refractivity contribution in [3.8, 4) is 11.5 Å². The molecule has 5 atom stereocenters. The number of piperidine rings is 1. The lowest BCUT2D eigenvalue weighted by molar-refractivity contribution is -1.12. The van der Waals surface area contributed by atoms with Gasteiger partial charge in [-0.25, -0.2) is 5.21 Å². The zero-order chi connectivity index (χ0) is 17.6. The summed E-state index contributed by atoms with van der Waals surface area (Å²) in [5.41, 5.74) is -0.386. The number of nitrogens with zero attached hydrogens (tertiary/aromatic N) is 1. The number of carbonyl (C=O) groups excluding carboxylic acids is 1. The average molecular weight is 344 g/mol. The minimum absolute atomic E-state index is 0.0116. The molecule has 132 valence electrons. The van der Waals surface area contributed by atoms with Crippen LogP contribution in [0.15, 0.2) is 24.8 Å². The van der Waals surface area contributed by atoms with Gasteiger partial charge in [-0.05, 0) is 24.1 Å². The number of phenols is 1. The Labute approximate surface area is 145 Å². The molecule has 1 saturated heterocycles. The number of hydrogen-bond acceptors (Lipinski definition) is 5. The molecule has 0 amide bonds. The molecule has 5 rings (SSSR count). The van der Waals surface area contributed by atoms with E-state index in [-0.39, 0.29) is 22.6 Å². The number of carbonyl (C=O) groups is 1. The van der Waals surface area contributed by atoms with Crippen molar-refractivity contribution in [2.24, 2.45) is 0 Å². The maximum absolute atomic E-state index is 12.7. The van der Waals surface area contributed by atoms with Gasteiger partial charge in [-0.15, -0.1) is 0 Å². The van der Waals surface area contributed by atoms with Crippen molar-refractivity contribution in [1.29, 1.82) is 0 Å². The molecule has 0 radical (unpaired) electrons. The molecule has 2 aliphatic carbocycles. The number of phenolic OH excluding ortho intramolecular Hbond substituents is 1. The lowest BCUT2D eigenvalue weighted by Crippen LogP contribution is -2.80. The van der Waals surface area contributed by atoms with E-state index < -0.39 is 23.2 Å². The molecule has 2 heterocycles. The van der Waals surface area contributed by atoms with Crippen molar-refractivity contribution in [1.82, 2.24) is 0 Å². The molecule has 1 aromatic carbocycles. The molecule has 1 unspecified atom stereocenters. The van der Waals surface area contributed by atoms with Crippen LogP contribution in [0.25, 0.3) is 0 Å². The minimum Gasteiger partial charge on any atom is -0.504 e. The van der Waals surface area contributed by atoms with Gasteiger partial charge in [0.05, 0.1) is 5.41 Å². The topological polar surface area (TPSA) is 87.0 Å². The van der Waals surface area contributed by atoms with Gasteiger partial charge in [0.1, 0.15) is 18.7 Å². The molecular formula is C19H22NO5+. The minimum atomic E-state index is -1.24. The number of ketones is 1. The van der Waals surface area contributed by atoms with Crippen LogP contribution >= 0.6 is 0 Å². The fourth-order valence-electron chi connectivity index (χ4n) is 6.04. The average Bonchev–Trinajstić information content (AvgIpc) is 2.93. The molecule has 2 fully saturated rings. The maximum Gasteiger partial charge on any atom is 0.174 e. The molecule has 2 bridgehead atoms. The van der Waals surface area contributed by atoms with Crippen LogP contribution in [0.3, 0.4) is 0 Å². The fourth-order valence-corrected chi connectivity index (χ4v) is 6.04. The van der Waals surface area contributed by atoms with Gasteiger partial charge in [0, 0.05) is 24.8 Å². The van der Waals surface area contributed by atoms with Crippen LogP contribution in [0.2, 0.25) is 0 Å². The Bertz CT molecular complexity index is 822. The largest absolute Gasteiger partial charge is 0.504 e. The summed E-state index contributed by atoms with van der Waals surface area (Å²) in [6.45, 7) is 4.52. The van der Waals surface area contributed by atoms with E-state index in [4.69, 9.17) is 4.74 Å². The van der Waals surface area contributed by atoms with Crippen molar-refractivity contribution in [2.45, 2.75) is 48.8 Å². The Balaban J connectivity index is 1.82. The quantitative estimate of drug-likeness (QED) is 0.554. The summed E-state index contributed by atoms with van der Waals surface area (Å²) in [7, 11) is 0. The molecule has 6 nitrogen and oxygen atoms in total. The van der Waals surface area contributed by atoms with E-state index in [1.54, 1.807) is 12.1 Å². The number of benzene rings is 1. The van der Waals surface area contributed by atoms with Gasteiger partial charge in [0.25, 0.3) is 0 Å². The summed E-state index contributed by atoms with van der Waals surface area (Å²) in [5.74, 6) is 0.322. The van der Waals surface area contributed by atoms with Crippen molar-refractivity contribution in [3.63, 3.8) is 0 Å². The van der Waals surface area contributed by atoms with E-state index in [0.717, 1.165) is 11.1 Å². The summed E-state index contributed by atoms with van der Waals surface area (Å²) in [6.07, 6.45) is 2.34. The van der Waals surface area contributed by atoms with Crippen molar-refractivity contribution in [3.05, 3.63) is 35.9 Å². The number of rotatable bonds is 2. The van der Waals surface area contributed by atoms with Gasteiger partial charge in [-0.3, -0.25) is 4.79 Å². The number of Topliss-reactive ketones (excluding diaryl/α,β-unsaturated/α-hetero) is 1. The van der Waals surface area contributed by atoms with Crippen molar-refractivity contribution < 1.29 is 29.6 Å². The summed E-state index contributed by atoms with van der Waals surface area (Å²) >= 11 is 0. The number of hydroxylamine groups is 3. The second kappa shape index (κ2) is 4.44. The zero-order valence-electron chi connectivity index (χ0n) is 13.9. The van der Waals surface area contributed by atoms with Crippen molar-refractivity contribution >= 4 is 5.78 Å². The number of likely N-dealkylation sites (tertiary alicyclic amines) is 1. The summed E-state index contributed by atoms with van der Waals surface area (Å²) in [5, 5.41) is 33.4. The van der Waals surface area contributed by atoms with Crippen LogP contribution in [0, 0.1) is 0 Å². The lowest BCUT2D eigenvalue weighted by Gasteiger charge is -2.62. The highest BCUT2D eigenvalue weighted by molar-refractivity contribution is 5.89. The third-order valence-corrected chi connectivity index (χ3v) is 7.05. The molecule has 1 spiro atoms. The predicted octanol–water partition coefficient (Wildman–Crippen LogP) is 1.21. The Morgan fingerprint density at radius 3 is 2.96 bits per heavy atom. The first-order valence-electron chi connectivity index (χ1n) is 8.85. The highest BCUT2D eigenvalue weighted by atomic mass is 16.6. The van der Waals surface area contributed by atoms with E-state index in [1.165, 1.54) is 0 Å². The lowest BCUT2D eigenvalue weighted by atomic mass is 9.49. The van der Waals surface area contributed by atoms with Crippen molar-refractivity contribution in [2.75, 3.05) is 13.1 Å².